The van der Waals surface area contributed by atoms with Crippen molar-refractivity contribution >= 4 is 15.7 Å². The van der Waals surface area contributed by atoms with Crippen LogP contribution in [0, 0.1) is 0 Å². The highest BCUT2D eigenvalue weighted by molar-refractivity contribution is 7.95. The van der Waals surface area contributed by atoms with Gasteiger partial charge in [0.1, 0.15) is 0 Å². The van der Waals surface area contributed by atoms with E-state index < -0.39 is 15.5 Å². The molecule has 9 heteroatoms. The van der Waals surface area contributed by atoms with Crippen LogP contribution in [0.3, 0.4) is 0 Å². The molecule has 182 valence electrons. The van der Waals surface area contributed by atoms with Crippen molar-refractivity contribution in [3.63, 3.8) is 0 Å². The van der Waals surface area contributed by atoms with Crippen LogP contribution in [0.25, 0.3) is 4.72 Å². The number of nitrogens with zero attached hydrogens (tertiary/aromatic N) is 3. The smallest absolute Gasteiger partial charge is 0.483 e. The zero-order valence-electron chi connectivity index (χ0n) is 19.5. The Hall–Kier alpha value is -1.35. The van der Waals surface area contributed by atoms with Gasteiger partial charge in [-0.05, 0) is 25.7 Å². The summed E-state index contributed by atoms with van der Waals surface area (Å²) in [4.78, 5) is 3.50. The van der Waals surface area contributed by atoms with Gasteiger partial charge in [-0.25, -0.2) is 8.42 Å². The van der Waals surface area contributed by atoms with Gasteiger partial charge in [0.2, 0.25) is 0 Å². The molecule has 1 aromatic heterocycles. The number of unbranched alkanes of at least 4 members (excludes halogenated alkanes) is 4. The molecule has 0 aliphatic carbocycles. The number of aromatic nitrogens is 1. The summed E-state index contributed by atoms with van der Waals surface area (Å²) in [5.74, 6) is 0. The Morgan fingerprint density at radius 2 is 1.16 bits per heavy atom. The molecule has 0 bridgehead atoms. The van der Waals surface area contributed by atoms with Crippen LogP contribution in [0.4, 0.5) is 18.9 Å². The fraction of sp³-hybridized carbons (Fsp3) is 0.773. The topological polar surface area (TPSA) is 61.1 Å². The largest absolute Gasteiger partial charge is 0.569 e. The van der Waals surface area contributed by atoms with Crippen LogP contribution < -0.4 is 0 Å². The third kappa shape index (κ3) is 12.3. The first-order chi connectivity index (χ1) is 14.6. The molecule has 31 heavy (non-hydrogen) atoms. The average Bonchev–Trinajstić information content (AvgIpc) is 2.73. The van der Waals surface area contributed by atoms with Crippen molar-refractivity contribution in [2.45, 2.75) is 84.6 Å². The predicted octanol–water partition coefficient (Wildman–Crippen LogP) is 6.94. The summed E-state index contributed by atoms with van der Waals surface area (Å²) in [6.45, 7) is 15.0. The fourth-order valence-corrected chi connectivity index (χ4v) is 3.74. The molecule has 0 unspecified atom stereocenters. The van der Waals surface area contributed by atoms with Crippen molar-refractivity contribution in [1.29, 1.82) is 0 Å². The van der Waals surface area contributed by atoms with E-state index >= 15 is 0 Å². The van der Waals surface area contributed by atoms with Crippen molar-refractivity contribution in [2.24, 2.45) is 0 Å². The molecule has 1 rings (SSSR count). The van der Waals surface area contributed by atoms with Crippen molar-refractivity contribution in [1.82, 2.24) is 4.98 Å². The third-order valence-electron chi connectivity index (χ3n) is 5.12. The molecule has 0 saturated heterocycles. The normalized spacial score (nSPS) is 12.2. The first kappa shape index (κ1) is 29.7. The number of sulfonamides is 1. The molecule has 0 amide bonds. The summed E-state index contributed by atoms with van der Waals surface area (Å²) in [5.41, 5.74) is -5.67. The molecule has 0 radical (unpaired) electrons. The molecular weight excluding hydrogens is 427 g/mol. The van der Waals surface area contributed by atoms with Crippen LogP contribution in [0.2, 0.25) is 0 Å². The van der Waals surface area contributed by atoms with E-state index in [0.29, 0.717) is 0 Å². The lowest BCUT2D eigenvalue weighted by Crippen LogP contribution is -2.50. The van der Waals surface area contributed by atoms with Crippen molar-refractivity contribution in [3.8, 4) is 0 Å². The maximum absolute atomic E-state index is 11.8. The molecule has 0 aromatic carbocycles. The standard InChI is InChI=1S/C16H36N.C6H4F3N2O2S/c1-5-9-13-17(14-10-6-2,15-11-7-3)16-12-8-4;7-6(8,9)14(12,13)11-5-1-3-10-4-2-5/h5-16H2,1-4H3;1-4H/q+1;-1. The number of pyridine rings is 1. The quantitative estimate of drug-likeness (QED) is 0.278. The van der Waals surface area contributed by atoms with Crippen LogP contribution in [-0.4, -0.2) is 49.6 Å². The van der Waals surface area contributed by atoms with Gasteiger partial charge in [-0.15, -0.1) is 5.69 Å². The number of halogens is 3. The van der Waals surface area contributed by atoms with Crippen LogP contribution in [-0.2, 0) is 10.0 Å². The lowest BCUT2D eigenvalue weighted by atomic mass is 10.1. The van der Waals surface area contributed by atoms with E-state index in [1.165, 1.54) is 82.0 Å². The van der Waals surface area contributed by atoms with Gasteiger partial charge in [-0.3, -0.25) is 4.98 Å². The SMILES string of the molecule is CCCC[N+](CCCC)(CCCC)CCCC.O=S(=O)([N-]c1ccncc1)C(F)(F)F. The number of alkyl halides is 3. The summed E-state index contributed by atoms with van der Waals surface area (Å²) in [6, 6.07) is 2.12. The van der Waals surface area contributed by atoms with Gasteiger partial charge in [0.15, 0.2) is 10.0 Å². The Balaban J connectivity index is 0.000000590. The minimum absolute atomic E-state index is 0.308. The highest BCUT2D eigenvalue weighted by atomic mass is 32.2. The van der Waals surface area contributed by atoms with E-state index in [2.05, 4.69) is 37.4 Å². The van der Waals surface area contributed by atoms with Gasteiger partial charge in [-0.2, -0.15) is 13.2 Å². The van der Waals surface area contributed by atoms with E-state index in [4.69, 9.17) is 0 Å². The molecule has 5 nitrogen and oxygen atoms in total. The van der Waals surface area contributed by atoms with Gasteiger partial charge in [-0.1, -0.05) is 65.5 Å². The Bertz CT molecular complexity index is 631. The van der Waals surface area contributed by atoms with E-state index in [1.807, 2.05) is 0 Å². The lowest BCUT2D eigenvalue weighted by molar-refractivity contribution is -0.929. The minimum atomic E-state index is -5.45. The van der Waals surface area contributed by atoms with E-state index in [1.54, 1.807) is 0 Å². The number of hydrogen-bond donors (Lipinski definition) is 0. The van der Waals surface area contributed by atoms with Gasteiger partial charge in [0.25, 0.3) is 0 Å². The van der Waals surface area contributed by atoms with Crippen LogP contribution >= 0.6 is 0 Å². The lowest BCUT2D eigenvalue weighted by Gasteiger charge is -2.39. The molecule has 0 aliphatic heterocycles. The predicted molar refractivity (Wildman–Crippen MR) is 122 cm³/mol. The highest BCUT2D eigenvalue weighted by Crippen LogP contribution is 2.33. The van der Waals surface area contributed by atoms with Crippen LogP contribution in [0.1, 0.15) is 79.1 Å². The van der Waals surface area contributed by atoms with Crippen molar-refractivity contribution < 1.29 is 26.1 Å². The first-order valence-corrected chi connectivity index (χ1v) is 12.8. The second-order valence-corrected chi connectivity index (χ2v) is 9.46. The van der Waals surface area contributed by atoms with Gasteiger partial charge < -0.3 is 9.21 Å². The number of hydrogen-bond acceptors (Lipinski definition) is 3. The van der Waals surface area contributed by atoms with E-state index in [9.17, 15) is 21.6 Å². The van der Waals surface area contributed by atoms with E-state index in [-0.39, 0.29) is 5.69 Å². The monoisotopic (exact) mass is 467 g/mol. The summed E-state index contributed by atoms with van der Waals surface area (Å²) < 4.78 is 60.5. The van der Waals surface area contributed by atoms with E-state index in [0.717, 1.165) is 24.5 Å². The Morgan fingerprint density at radius 3 is 1.45 bits per heavy atom. The van der Waals surface area contributed by atoms with Gasteiger partial charge in [0, 0.05) is 12.4 Å². The number of quaternary nitrogens is 1. The number of rotatable bonds is 14. The second kappa shape index (κ2) is 15.5. The zero-order chi connectivity index (χ0) is 23.8. The molecular formula is C22H40F3N3O2S. The first-order valence-electron chi connectivity index (χ1n) is 11.4. The minimum Gasteiger partial charge on any atom is -0.569 e. The van der Waals surface area contributed by atoms with Gasteiger partial charge >= 0.3 is 5.51 Å². The summed E-state index contributed by atoms with van der Waals surface area (Å²) in [5, 5.41) is 0. The summed E-state index contributed by atoms with van der Waals surface area (Å²) in [7, 11) is -5.45. The van der Waals surface area contributed by atoms with Crippen molar-refractivity contribution in [2.75, 3.05) is 26.2 Å². The summed E-state index contributed by atoms with van der Waals surface area (Å²) in [6.07, 6.45) is 13.3. The third-order valence-corrected chi connectivity index (χ3v) is 6.16. The average molecular weight is 468 g/mol. The van der Waals surface area contributed by atoms with Crippen LogP contribution in [0.5, 0.6) is 0 Å². The summed E-state index contributed by atoms with van der Waals surface area (Å²) >= 11 is 0. The second-order valence-electron chi connectivity index (χ2n) is 7.87. The molecule has 0 atom stereocenters. The maximum Gasteiger partial charge on any atom is 0.483 e. The molecule has 0 spiro atoms. The molecule has 1 aromatic rings. The molecule has 0 N–H and O–H groups in total. The Morgan fingerprint density at radius 1 is 0.806 bits per heavy atom. The van der Waals surface area contributed by atoms with Crippen molar-refractivity contribution in [3.05, 3.63) is 29.2 Å². The Labute approximate surface area is 187 Å². The van der Waals surface area contributed by atoms with Crippen LogP contribution in [0.15, 0.2) is 24.5 Å². The molecule has 0 fully saturated rings. The zero-order valence-corrected chi connectivity index (χ0v) is 20.3. The maximum atomic E-state index is 11.8. The molecule has 1 heterocycles. The van der Waals surface area contributed by atoms with Gasteiger partial charge in [0.05, 0.1) is 26.2 Å². The Kier molecular flexibility index (Phi) is 14.8. The molecule has 0 saturated carbocycles. The fourth-order valence-electron chi connectivity index (χ4n) is 3.24. The molecule has 0 aliphatic rings. The highest BCUT2D eigenvalue weighted by Gasteiger charge is 2.39.